The minimum atomic E-state index is -0.329. The highest BCUT2D eigenvalue weighted by molar-refractivity contribution is 5.70. The van der Waals surface area contributed by atoms with Gasteiger partial charge in [0.05, 0.1) is 13.5 Å². The van der Waals surface area contributed by atoms with Crippen LogP contribution in [0.3, 0.4) is 0 Å². The van der Waals surface area contributed by atoms with E-state index in [1.165, 1.54) is 13.2 Å². The van der Waals surface area contributed by atoms with Crippen molar-refractivity contribution in [3.8, 4) is 0 Å². The molecule has 0 heterocycles. The van der Waals surface area contributed by atoms with Gasteiger partial charge in [-0.3, -0.25) is 4.79 Å². The Kier molecular flexibility index (Phi) is 5.28. The summed E-state index contributed by atoms with van der Waals surface area (Å²) in [5, 5.41) is 0. The maximum absolute atomic E-state index is 13.6. The van der Waals surface area contributed by atoms with Gasteiger partial charge in [-0.15, -0.1) is 0 Å². The number of hydrogen-bond acceptors (Lipinski definition) is 3. The van der Waals surface area contributed by atoms with Crippen LogP contribution in [-0.2, 0) is 9.53 Å². The summed E-state index contributed by atoms with van der Waals surface area (Å²) in [6.07, 6.45) is 0.894. The van der Waals surface area contributed by atoms with E-state index in [0.717, 1.165) is 12.0 Å². The van der Waals surface area contributed by atoms with Crippen molar-refractivity contribution in [2.45, 2.75) is 38.6 Å². The molecule has 2 unspecified atom stereocenters. The molecule has 3 nitrogen and oxygen atoms in total. The summed E-state index contributed by atoms with van der Waals surface area (Å²) in [5.74, 6) is -0.812. The Bertz CT molecular complexity index is 420. The fourth-order valence-electron chi connectivity index (χ4n) is 1.90. The number of rotatable bonds is 5. The molecule has 0 saturated carbocycles. The zero-order valence-electron chi connectivity index (χ0n) is 11.1. The highest BCUT2D eigenvalue weighted by Gasteiger charge is 2.23. The maximum Gasteiger partial charge on any atom is 0.306 e. The Morgan fingerprint density at radius 3 is 2.67 bits per heavy atom. The predicted molar refractivity (Wildman–Crippen MR) is 68.8 cm³/mol. The van der Waals surface area contributed by atoms with E-state index < -0.39 is 0 Å². The monoisotopic (exact) mass is 253 g/mol. The third-order valence-electron chi connectivity index (χ3n) is 3.23. The van der Waals surface area contributed by atoms with Crippen molar-refractivity contribution in [1.29, 1.82) is 0 Å². The van der Waals surface area contributed by atoms with Gasteiger partial charge in [0.1, 0.15) is 5.82 Å². The number of carbonyl (C=O) groups is 1. The minimum absolute atomic E-state index is 0.175. The van der Waals surface area contributed by atoms with Gasteiger partial charge in [-0.25, -0.2) is 4.39 Å². The van der Waals surface area contributed by atoms with E-state index in [1.807, 2.05) is 13.0 Å². The normalized spacial score (nSPS) is 14.1. The molecular formula is C14H20FNO2. The lowest BCUT2D eigenvalue weighted by molar-refractivity contribution is -0.141. The summed E-state index contributed by atoms with van der Waals surface area (Å²) in [7, 11) is 1.34. The number of ether oxygens (including phenoxy) is 1. The summed E-state index contributed by atoms with van der Waals surface area (Å²) in [6, 6.07) is 4.79. The first-order chi connectivity index (χ1) is 8.49. The Balaban J connectivity index is 3.01. The molecule has 4 heteroatoms. The molecule has 18 heavy (non-hydrogen) atoms. The van der Waals surface area contributed by atoms with Gasteiger partial charge in [0.15, 0.2) is 0 Å². The summed E-state index contributed by atoms with van der Waals surface area (Å²) >= 11 is 0. The summed E-state index contributed by atoms with van der Waals surface area (Å²) < 4.78 is 18.2. The third kappa shape index (κ3) is 3.53. The molecular weight excluding hydrogens is 233 g/mol. The molecule has 0 aliphatic rings. The van der Waals surface area contributed by atoms with E-state index >= 15 is 0 Å². The molecule has 0 spiro atoms. The molecule has 1 aromatic rings. The Morgan fingerprint density at radius 1 is 1.50 bits per heavy atom. The zero-order valence-corrected chi connectivity index (χ0v) is 11.1. The number of methoxy groups -OCH3 is 1. The average Bonchev–Trinajstić information content (AvgIpc) is 2.38. The molecule has 0 saturated heterocycles. The first-order valence-corrected chi connectivity index (χ1v) is 6.08. The van der Waals surface area contributed by atoms with Crippen LogP contribution >= 0.6 is 0 Å². The van der Waals surface area contributed by atoms with Crippen LogP contribution in [0.4, 0.5) is 4.39 Å². The number of carbonyl (C=O) groups excluding carboxylic acids is 1. The Hall–Kier alpha value is -1.42. The van der Waals surface area contributed by atoms with E-state index in [2.05, 4.69) is 4.74 Å². The van der Waals surface area contributed by atoms with E-state index in [1.54, 1.807) is 13.0 Å². The second kappa shape index (κ2) is 6.50. The van der Waals surface area contributed by atoms with Gasteiger partial charge in [-0.1, -0.05) is 19.1 Å². The molecule has 0 aromatic heterocycles. The largest absolute Gasteiger partial charge is 0.469 e. The van der Waals surface area contributed by atoms with Crippen molar-refractivity contribution in [3.63, 3.8) is 0 Å². The van der Waals surface area contributed by atoms with Crippen molar-refractivity contribution >= 4 is 5.97 Å². The van der Waals surface area contributed by atoms with Crippen LogP contribution in [-0.4, -0.2) is 19.1 Å². The van der Waals surface area contributed by atoms with E-state index in [-0.39, 0.29) is 30.2 Å². The van der Waals surface area contributed by atoms with Crippen molar-refractivity contribution in [2.24, 2.45) is 5.73 Å². The fraction of sp³-hybridized carbons (Fsp3) is 0.500. The van der Waals surface area contributed by atoms with Crippen LogP contribution in [0.2, 0.25) is 0 Å². The predicted octanol–water partition coefficient (Wildman–Crippen LogP) is 2.52. The van der Waals surface area contributed by atoms with Crippen LogP contribution in [0.1, 0.15) is 36.8 Å². The molecule has 100 valence electrons. The average molecular weight is 253 g/mol. The van der Waals surface area contributed by atoms with Gasteiger partial charge in [-0.05, 0) is 30.5 Å². The Morgan fingerprint density at radius 2 is 2.17 bits per heavy atom. The number of benzene rings is 1. The van der Waals surface area contributed by atoms with E-state index in [9.17, 15) is 9.18 Å². The number of nitrogens with two attached hydrogens (primary N) is 1. The van der Waals surface area contributed by atoms with E-state index in [0.29, 0.717) is 5.56 Å². The van der Waals surface area contributed by atoms with E-state index in [4.69, 9.17) is 5.73 Å². The molecule has 0 fully saturated rings. The minimum Gasteiger partial charge on any atom is -0.469 e. The second-order valence-electron chi connectivity index (χ2n) is 4.47. The summed E-state index contributed by atoms with van der Waals surface area (Å²) in [4.78, 5) is 11.4. The molecule has 2 N–H and O–H groups in total. The maximum atomic E-state index is 13.6. The van der Waals surface area contributed by atoms with Gasteiger partial charge in [0.25, 0.3) is 0 Å². The van der Waals surface area contributed by atoms with Crippen LogP contribution < -0.4 is 5.73 Å². The van der Waals surface area contributed by atoms with Gasteiger partial charge >= 0.3 is 5.97 Å². The molecule has 1 aromatic carbocycles. The number of aryl methyl sites for hydroxylation is 1. The van der Waals surface area contributed by atoms with Crippen molar-refractivity contribution in [1.82, 2.24) is 0 Å². The molecule has 0 aliphatic heterocycles. The number of esters is 1. The van der Waals surface area contributed by atoms with Crippen molar-refractivity contribution in [3.05, 3.63) is 35.1 Å². The van der Waals surface area contributed by atoms with Gasteiger partial charge in [0, 0.05) is 12.0 Å². The fourth-order valence-corrected chi connectivity index (χ4v) is 1.90. The number of hydrogen-bond donors (Lipinski definition) is 1. The lowest BCUT2D eigenvalue weighted by atomic mass is 9.87. The summed E-state index contributed by atoms with van der Waals surface area (Å²) in [5.41, 5.74) is 7.34. The van der Waals surface area contributed by atoms with Crippen LogP contribution in [0, 0.1) is 12.7 Å². The standard InChI is InChI=1S/C14H20FNO2/c1-4-13(16)11(8-14(17)18-3)10-6-5-9(2)12(15)7-10/h5-7,11,13H,4,8,16H2,1-3H3. The second-order valence-corrected chi connectivity index (χ2v) is 4.47. The molecule has 2 atom stereocenters. The third-order valence-corrected chi connectivity index (χ3v) is 3.23. The molecule has 1 rings (SSSR count). The smallest absolute Gasteiger partial charge is 0.306 e. The van der Waals surface area contributed by atoms with Crippen LogP contribution in [0.25, 0.3) is 0 Å². The van der Waals surface area contributed by atoms with Crippen molar-refractivity contribution < 1.29 is 13.9 Å². The SMILES string of the molecule is CCC(N)C(CC(=O)OC)c1ccc(C)c(F)c1. The van der Waals surface area contributed by atoms with Crippen LogP contribution in [0.15, 0.2) is 18.2 Å². The highest BCUT2D eigenvalue weighted by Crippen LogP contribution is 2.26. The van der Waals surface area contributed by atoms with Gasteiger partial charge < -0.3 is 10.5 Å². The first-order valence-electron chi connectivity index (χ1n) is 6.08. The highest BCUT2D eigenvalue weighted by atomic mass is 19.1. The van der Waals surface area contributed by atoms with Gasteiger partial charge in [0.2, 0.25) is 0 Å². The van der Waals surface area contributed by atoms with Gasteiger partial charge in [-0.2, -0.15) is 0 Å². The van der Waals surface area contributed by atoms with Crippen LogP contribution in [0.5, 0.6) is 0 Å². The quantitative estimate of drug-likeness (QED) is 0.820. The molecule has 0 amide bonds. The zero-order chi connectivity index (χ0) is 13.7. The molecule has 0 radical (unpaired) electrons. The molecule has 0 bridgehead atoms. The Labute approximate surface area is 107 Å². The lowest BCUT2D eigenvalue weighted by Crippen LogP contribution is -2.29. The van der Waals surface area contributed by atoms with Crippen molar-refractivity contribution in [2.75, 3.05) is 7.11 Å². The number of halogens is 1. The lowest BCUT2D eigenvalue weighted by Gasteiger charge is -2.22. The first kappa shape index (κ1) is 14.6. The summed E-state index contributed by atoms with van der Waals surface area (Å²) in [6.45, 7) is 3.65. The topological polar surface area (TPSA) is 52.3 Å². The molecule has 0 aliphatic carbocycles.